The van der Waals surface area contributed by atoms with E-state index in [2.05, 4.69) is 4.72 Å². The molecule has 1 fully saturated rings. The van der Waals surface area contributed by atoms with Crippen molar-refractivity contribution in [1.29, 1.82) is 0 Å². The second kappa shape index (κ2) is 8.23. The standard InChI is InChI=1S/C21H26N2O3S/c1-16-3-7-18(8-4-16)15-21(24)23-13-11-19(12-14-23)22-27(25,26)20-9-5-17(2)6-10-20/h3-10,19,22H,11-15H2,1-2H3. The summed E-state index contributed by atoms with van der Waals surface area (Å²) in [5, 5.41) is 0. The number of carbonyl (C=O) groups is 1. The average molecular weight is 387 g/mol. The number of hydrogen-bond acceptors (Lipinski definition) is 3. The van der Waals surface area contributed by atoms with E-state index in [-0.39, 0.29) is 16.8 Å². The summed E-state index contributed by atoms with van der Waals surface area (Å²) >= 11 is 0. The zero-order valence-corrected chi connectivity index (χ0v) is 16.6. The molecule has 1 aliphatic rings. The van der Waals surface area contributed by atoms with Crippen molar-refractivity contribution in [3.63, 3.8) is 0 Å². The Kier molecular flexibility index (Phi) is 5.97. The Labute approximate surface area is 161 Å². The van der Waals surface area contributed by atoms with Gasteiger partial charge >= 0.3 is 0 Å². The lowest BCUT2D eigenvalue weighted by Gasteiger charge is -2.32. The summed E-state index contributed by atoms with van der Waals surface area (Å²) in [6, 6.07) is 14.7. The Morgan fingerprint density at radius 3 is 2.04 bits per heavy atom. The Balaban J connectivity index is 1.53. The van der Waals surface area contributed by atoms with Gasteiger partial charge in [-0.1, -0.05) is 47.5 Å². The van der Waals surface area contributed by atoms with E-state index >= 15 is 0 Å². The number of nitrogens with one attached hydrogen (secondary N) is 1. The van der Waals surface area contributed by atoms with Gasteiger partial charge in [-0.15, -0.1) is 0 Å². The van der Waals surface area contributed by atoms with Gasteiger partial charge in [0.15, 0.2) is 0 Å². The molecular formula is C21H26N2O3S. The van der Waals surface area contributed by atoms with Crippen LogP contribution in [0.5, 0.6) is 0 Å². The van der Waals surface area contributed by atoms with E-state index in [1.165, 1.54) is 5.56 Å². The van der Waals surface area contributed by atoms with E-state index in [9.17, 15) is 13.2 Å². The van der Waals surface area contributed by atoms with Crippen LogP contribution in [0.15, 0.2) is 53.4 Å². The molecule has 1 aliphatic heterocycles. The van der Waals surface area contributed by atoms with Crippen molar-refractivity contribution >= 4 is 15.9 Å². The molecule has 1 saturated heterocycles. The van der Waals surface area contributed by atoms with Gasteiger partial charge in [0.05, 0.1) is 11.3 Å². The third-order valence-electron chi connectivity index (χ3n) is 4.98. The summed E-state index contributed by atoms with van der Waals surface area (Å²) in [7, 11) is -3.52. The number of piperidine rings is 1. The minimum atomic E-state index is -3.52. The van der Waals surface area contributed by atoms with Crippen molar-refractivity contribution in [3.05, 3.63) is 65.2 Å². The molecule has 27 heavy (non-hydrogen) atoms. The van der Waals surface area contributed by atoms with Gasteiger partial charge in [0, 0.05) is 19.1 Å². The molecule has 2 aromatic rings. The fourth-order valence-electron chi connectivity index (χ4n) is 3.24. The molecule has 0 atom stereocenters. The van der Waals surface area contributed by atoms with Crippen LogP contribution in [0.1, 0.15) is 29.5 Å². The second-order valence-electron chi connectivity index (χ2n) is 7.25. The van der Waals surface area contributed by atoms with Crippen LogP contribution in [-0.4, -0.2) is 38.4 Å². The second-order valence-corrected chi connectivity index (χ2v) is 8.97. The smallest absolute Gasteiger partial charge is 0.240 e. The largest absolute Gasteiger partial charge is 0.342 e. The van der Waals surface area contributed by atoms with Crippen LogP contribution in [0, 0.1) is 13.8 Å². The molecule has 1 heterocycles. The van der Waals surface area contributed by atoms with E-state index in [0.717, 1.165) is 11.1 Å². The SMILES string of the molecule is Cc1ccc(CC(=O)N2CCC(NS(=O)(=O)c3ccc(C)cc3)CC2)cc1. The zero-order chi connectivity index (χ0) is 19.4. The highest BCUT2D eigenvalue weighted by Gasteiger charge is 2.26. The minimum Gasteiger partial charge on any atom is -0.342 e. The number of carbonyl (C=O) groups excluding carboxylic acids is 1. The monoisotopic (exact) mass is 386 g/mol. The van der Waals surface area contributed by atoms with Crippen LogP contribution in [0.2, 0.25) is 0 Å². The predicted octanol–water partition coefficient (Wildman–Crippen LogP) is 2.82. The fraction of sp³-hybridized carbons (Fsp3) is 0.381. The topological polar surface area (TPSA) is 66.5 Å². The molecule has 0 aliphatic carbocycles. The minimum absolute atomic E-state index is 0.0960. The van der Waals surface area contributed by atoms with Crippen LogP contribution < -0.4 is 4.72 Å². The maximum absolute atomic E-state index is 12.5. The molecule has 1 N–H and O–H groups in total. The molecule has 5 nitrogen and oxygen atoms in total. The molecule has 0 saturated carbocycles. The molecule has 0 bridgehead atoms. The van der Waals surface area contributed by atoms with Crippen LogP contribution in [-0.2, 0) is 21.2 Å². The molecule has 2 aromatic carbocycles. The van der Waals surface area contributed by atoms with E-state index < -0.39 is 10.0 Å². The van der Waals surface area contributed by atoms with Crippen molar-refractivity contribution in [2.75, 3.05) is 13.1 Å². The number of aryl methyl sites for hydroxylation is 2. The maximum atomic E-state index is 12.5. The molecule has 0 radical (unpaired) electrons. The summed E-state index contributed by atoms with van der Waals surface area (Å²) in [5.41, 5.74) is 3.20. The van der Waals surface area contributed by atoms with Crippen LogP contribution >= 0.6 is 0 Å². The first-order valence-electron chi connectivity index (χ1n) is 9.26. The lowest BCUT2D eigenvalue weighted by molar-refractivity contribution is -0.131. The van der Waals surface area contributed by atoms with Crippen molar-refractivity contribution in [1.82, 2.24) is 9.62 Å². The first kappa shape index (κ1) is 19.6. The average Bonchev–Trinajstić information content (AvgIpc) is 2.64. The van der Waals surface area contributed by atoms with Gasteiger partial charge in [-0.05, 0) is 44.4 Å². The van der Waals surface area contributed by atoms with Crippen molar-refractivity contribution in [3.8, 4) is 0 Å². The molecule has 6 heteroatoms. The number of amides is 1. The van der Waals surface area contributed by atoms with Crippen molar-refractivity contribution in [2.45, 2.75) is 44.0 Å². The van der Waals surface area contributed by atoms with Gasteiger partial charge in [-0.2, -0.15) is 0 Å². The van der Waals surface area contributed by atoms with Gasteiger partial charge in [-0.25, -0.2) is 13.1 Å². The molecule has 0 spiro atoms. The first-order valence-corrected chi connectivity index (χ1v) is 10.7. The molecule has 144 valence electrons. The highest BCUT2D eigenvalue weighted by Crippen LogP contribution is 2.17. The number of hydrogen-bond donors (Lipinski definition) is 1. The van der Waals surface area contributed by atoms with Crippen molar-refractivity contribution in [2.24, 2.45) is 0 Å². The van der Waals surface area contributed by atoms with Crippen LogP contribution in [0.25, 0.3) is 0 Å². The van der Waals surface area contributed by atoms with Gasteiger partial charge in [0.25, 0.3) is 0 Å². The Morgan fingerprint density at radius 1 is 0.963 bits per heavy atom. The normalized spacial score (nSPS) is 15.7. The Bertz CT molecular complexity index is 882. The first-order chi connectivity index (χ1) is 12.8. The fourth-order valence-corrected chi connectivity index (χ4v) is 4.55. The summed E-state index contributed by atoms with van der Waals surface area (Å²) in [5.74, 6) is 0.0960. The van der Waals surface area contributed by atoms with Gasteiger partial charge < -0.3 is 4.90 Å². The number of nitrogens with zero attached hydrogens (tertiary/aromatic N) is 1. The third kappa shape index (κ3) is 5.17. The molecule has 0 unspecified atom stereocenters. The Morgan fingerprint density at radius 2 is 1.48 bits per heavy atom. The molecule has 0 aromatic heterocycles. The van der Waals surface area contributed by atoms with Crippen LogP contribution in [0.3, 0.4) is 0 Å². The number of sulfonamides is 1. The van der Waals surface area contributed by atoms with Crippen LogP contribution in [0.4, 0.5) is 0 Å². The maximum Gasteiger partial charge on any atom is 0.240 e. The molecule has 3 rings (SSSR count). The molecule has 1 amide bonds. The van der Waals surface area contributed by atoms with E-state index in [4.69, 9.17) is 0 Å². The predicted molar refractivity (Wildman–Crippen MR) is 106 cm³/mol. The summed E-state index contributed by atoms with van der Waals surface area (Å²) in [6.07, 6.45) is 1.65. The zero-order valence-electron chi connectivity index (χ0n) is 15.8. The summed E-state index contributed by atoms with van der Waals surface area (Å²) in [6.45, 7) is 5.10. The number of likely N-dealkylation sites (tertiary alicyclic amines) is 1. The van der Waals surface area contributed by atoms with E-state index in [1.807, 2.05) is 43.0 Å². The third-order valence-corrected chi connectivity index (χ3v) is 6.51. The van der Waals surface area contributed by atoms with Gasteiger partial charge in [0.2, 0.25) is 15.9 Å². The van der Waals surface area contributed by atoms with E-state index in [1.54, 1.807) is 24.3 Å². The number of rotatable bonds is 5. The highest BCUT2D eigenvalue weighted by atomic mass is 32.2. The quantitative estimate of drug-likeness (QED) is 0.859. The summed E-state index contributed by atoms with van der Waals surface area (Å²) < 4.78 is 27.8. The van der Waals surface area contributed by atoms with Gasteiger partial charge in [-0.3, -0.25) is 4.79 Å². The van der Waals surface area contributed by atoms with E-state index in [0.29, 0.717) is 32.4 Å². The molecular weight excluding hydrogens is 360 g/mol. The van der Waals surface area contributed by atoms with Crippen molar-refractivity contribution < 1.29 is 13.2 Å². The summed E-state index contributed by atoms with van der Waals surface area (Å²) in [4.78, 5) is 14.6. The number of benzene rings is 2. The lowest BCUT2D eigenvalue weighted by Crippen LogP contribution is -2.46. The Hall–Kier alpha value is -2.18. The highest BCUT2D eigenvalue weighted by molar-refractivity contribution is 7.89. The van der Waals surface area contributed by atoms with Gasteiger partial charge in [0.1, 0.15) is 0 Å². The lowest BCUT2D eigenvalue weighted by atomic mass is 10.0.